The monoisotopic (exact) mass is 250 g/mol. The predicted molar refractivity (Wildman–Crippen MR) is 67.2 cm³/mol. The van der Waals surface area contributed by atoms with Gasteiger partial charge in [0.15, 0.2) is 11.5 Å². The molecule has 1 fully saturated rings. The Bertz CT molecular complexity index is 405. The molecule has 0 spiro atoms. The minimum atomic E-state index is -0.570. The standard InChI is InChI=1S/C12H18N4O2/c13-12(18)10-4-5-11(15-14-10)16-7-2-1-3-9(16)6-8-17/h4-5,9,17H,1-3,6-8H2,(H2,13,18). The molecule has 0 bridgehead atoms. The molecule has 2 rings (SSSR count). The molecular formula is C12H18N4O2. The molecule has 1 aromatic rings. The molecule has 98 valence electrons. The molecule has 2 heterocycles. The van der Waals surface area contributed by atoms with Crippen LogP contribution in [0.4, 0.5) is 5.82 Å². The first-order chi connectivity index (χ1) is 8.72. The second kappa shape index (κ2) is 5.77. The fourth-order valence-electron chi connectivity index (χ4n) is 2.36. The van der Waals surface area contributed by atoms with Gasteiger partial charge in [-0.3, -0.25) is 4.79 Å². The SMILES string of the molecule is NC(=O)c1ccc(N2CCCCC2CCO)nn1. The van der Waals surface area contributed by atoms with E-state index in [2.05, 4.69) is 15.1 Å². The Balaban J connectivity index is 2.15. The highest BCUT2D eigenvalue weighted by molar-refractivity contribution is 5.90. The van der Waals surface area contributed by atoms with Crippen LogP contribution >= 0.6 is 0 Å². The molecule has 1 saturated heterocycles. The molecule has 1 aliphatic heterocycles. The van der Waals surface area contributed by atoms with Crippen LogP contribution in [0, 0.1) is 0 Å². The molecule has 0 aromatic carbocycles. The van der Waals surface area contributed by atoms with E-state index < -0.39 is 5.91 Å². The zero-order chi connectivity index (χ0) is 13.0. The first-order valence-corrected chi connectivity index (χ1v) is 6.23. The molecule has 1 aliphatic rings. The molecule has 1 amide bonds. The number of aliphatic hydroxyl groups excluding tert-OH is 1. The van der Waals surface area contributed by atoms with E-state index >= 15 is 0 Å². The van der Waals surface area contributed by atoms with Crippen LogP contribution < -0.4 is 10.6 Å². The number of amides is 1. The van der Waals surface area contributed by atoms with E-state index in [-0.39, 0.29) is 12.3 Å². The molecule has 0 radical (unpaired) electrons. The Labute approximate surface area is 106 Å². The molecule has 1 atom stereocenters. The zero-order valence-corrected chi connectivity index (χ0v) is 10.2. The lowest BCUT2D eigenvalue weighted by atomic mass is 10.00. The third-order valence-electron chi connectivity index (χ3n) is 3.29. The van der Waals surface area contributed by atoms with Crippen molar-refractivity contribution in [2.75, 3.05) is 18.1 Å². The third-order valence-corrected chi connectivity index (χ3v) is 3.29. The number of piperidine rings is 1. The number of aliphatic hydroxyl groups is 1. The Morgan fingerprint density at radius 2 is 2.28 bits per heavy atom. The summed E-state index contributed by atoms with van der Waals surface area (Å²) in [5.41, 5.74) is 5.30. The van der Waals surface area contributed by atoms with Gasteiger partial charge < -0.3 is 15.7 Å². The van der Waals surface area contributed by atoms with E-state index in [1.54, 1.807) is 12.1 Å². The van der Waals surface area contributed by atoms with Crippen molar-refractivity contribution in [2.24, 2.45) is 5.73 Å². The predicted octanol–water partition coefficient (Wildman–Crippen LogP) is 0.317. The summed E-state index contributed by atoms with van der Waals surface area (Å²) in [5, 5.41) is 16.9. The van der Waals surface area contributed by atoms with Crippen LogP contribution in [-0.4, -0.2) is 40.4 Å². The van der Waals surface area contributed by atoms with Gasteiger partial charge in [0.05, 0.1) is 0 Å². The second-order valence-corrected chi connectivity index (χ2v) is 4.50. The van der Waals surface area contributed by atoms with Crippen LogP contribution in [0.5, 0.6) is 0 Å². The number of hydrogen-bond acceptors (Lipinski definition) is 5. The first kappa shape index (κ1) is 12.8. The van der Waals surface area contributed by atoms with E-state index in [0.29, 0.717) is 6.04 Å². The number of nitrogens with two attached hydrogens (primary N) is 1. The van der Waals surface area contributed by atoms with Gasteiger partial charge in [0.25, 0.3) is 5.91 Å². The van der Waals surface area contributed by atoms with Crippen molar-refractivity contribution >= 4 is 11.7 Å². The van der Waals surface area contributed by atoms with E-state index in [0.717, 1.165) is 31.6 Å². The molecule has 3 N–H and O–H groups in total. The van der Waals surface area contributed by atoms with Crippen LogP contribution in [0.2, 0.25) is 0 Å². The van der Waals surface area contributed by atoms with E-state index in [1.807, 2.05) is 0 Å². The number of hydrogen-bond donors (Lipinski definition) is 2. The number of primary amides is 1. The summed E-state index contributed by atoms with van der Waals surface area (Å²) >= 11 is 0. The highest BCUT2D eigenvalue weighted by Gasteiger charge is 2.23. The number of carbonyl (C=O) groups excluding carboxylic acids is 1. The van der Waals surface area contributed by atoms with Gasteiger partial charge in [-0.2, -0.15) is 0 Å². The maximum atomic E-state index is 10.9. The first-order valence-electron chi connectivity index (χ1n) is 6.23. The fraction of sp³-hybridized carbons (Fsp3) is 0.583. The lowest BCUT2D eigenvalue weighted by Crippen LogP contribution is -2.40. The van der Waals surface area contributed by atoms with Crippen molar-refractivity contribution in [3.05, 3.63) is 17.8 Å². The molecule has 6 nitrogen and oxygen atoms in total. The Kier molecular flexibility index (Phi) is 4.09. The summed E-state index contributed by atoms with van der Waals surface area (Å²) in [7, 11) is 0. The van der Waals surface area contributed by atoms with Crippen molar-refractivity contribution in [3.63, 3.8) is 0 Å². The summed E-state index contributed by atoms with van der Waals surface area (Å²) < 4.78 is 0. The smallest absolute Gasteiger partial charge is 0.269 e. The number of anilines is 1. The zero-order valence-electron chi connectivity index (χ0n) is 10.2. The number of carbonyl (C=O) groups is 1. The fourth-order valence-corrected chi connectivity index (χ4v) is 2.36. The van der Waals surface area contributed by atoms with Crippen molar-refractivity contribution in [1.82, 2.24) is 10.2 Å². The van der Waals surface area contributed by atoms with Crippen molar-refractivity contribution in [3.8, 4) is 0 Å². The molecule has 6 heteroatoms. The van der Waals surface area contributed by atoms with Gasteiger partial charge in [-0.1, -0.05) is 0 Å². The van der Waals surface area contributed by atoms with Crippen LogP contribution in [0.25, 0.3) is 0 Å². The van der Waals surface area contributed by atoms with Crippen LogP contribution in [0.15, 0.2) is 12.1 Å². The third kappa shape index (κ3) is 2.76. The van der Waals surface area contributed by atoms with Crippen molar-refractivity contribution < 1.29 is 9.90 Å². The average Bonchev–Trinajstić information content (AvgIpc) is 2.40. The lowest BCUT2D eigenvalue weighted by Gasteiger charge is -2.36. The van der Waals surface area contributed by atoms with Gasteiger partial charge in [-0.15, -0.1) is 10.2 Å². The minimum absolute atomic E-state index is 0.175. The van der Waals surface area contributed by atoms with Crippen LogP contribution in [0.3, 0.4) is 0 Å². The quantitative estimate of drug-likeness (QED) is 0.802. The summed E-state index contributed by atoms with van der Waals surface area (Å²) in [5.74, 6) is 0.178. The number of rotatable bonds is 4. The van der Waals surface area contributed by atoms with Gasteiger partial charge in [0.1, 0.15) is 0 Å². The van der Waals surface area contributed by atoms with Gasteiger partial charge in [-0.05, 0) is 37.8 Å². The Morgan fingerprint density at radius 1 is 1.44 bits per heavy atom. The van der Waals surface area contributed by atoms with Crippen molar-refractivity contribution in [2.45, 2.75) is 31.7 Å². The number of aromatic nitrogens is 2. The highest BCUT2D eigenvalue weighted by Crippen LogP contribution is 2.24. The topological polar surface area (TPSA) is 92.3 Å². The van der Waals surface area contributed by atoms with Gasteiger partial charge >= 0.3 is 0 Å². The van der Waals surface area contributed by atoms with Gasteiger partial charge in [0.2, 0.25) is 0 Å². The molecule has 1 unspecified atom stereocenters. The minimum Gasteiger partial charge on any atom is -0.396 e. The maximum absolute atomic E-state index is 10.9. The molecule has 0 aliphatic carbocycles. The summed E-state index contributed by atoms with van der Waals surface area (Å²) in [6.45, 7) is 1.09. The van der Waals surface area contributed by atoms with Crippen LogP contribution in [0.1, 0.15) is 36.2 Å². The maximum Gasteiger partial charge on any atom is 0.269 e. The van der Waals surface area contributed by atoms with Crippen LogP contribution in [-0.2, 0) is 0 Å². The van der Waals surface area contributed by atoms with E-state index in [4.69, 9.17) is 10.8 Å². The van der Waals surface area contributed by atoms with Gasteiger partial charge in [0, 0.05) is 19.2 Å². The Morgan fingerprint density at radius 3 is 2.89 bits per heavy atom. The second-order valence-electron chi connectivity index (χ2n) is 4.50. The molecular weight excluding hydrogens is 232 g/mol. The van der Waals surface area contributed by atoms with E-state index in [1.165, 1.54) is 6.42 Å². The summed E-state index contributed by atoms with van der Waals surface area (Å²) in [6, 6.07) is 3.66. The molecule has 1 aromatic heterocycles. The molecule has 18 heavy (non-hydrogen) atoms. The summed E-state index contributed by atoms with van der Waals surface area (Å²) in [6.07, 6.45) is 4.08. The summed E-state index contributed by atoms with van der Waals surface area (Å²) in [4.78, 5) is 13.1. The number of nitrogens with zero attached hydrogens (tertiary/aromatic N) is 3. The normalized spacial score (nSPS) is 19.8. The largest absolute Gasteiger partial charge is 0.396 e. The highest BCUT2D eigenvalue weighted by atomic mass is 16.3. The average molecular weight is 250 g/mol. The molecule has 0 saturated carbocycles. The van der Waals surface area contributed by atoms with Crippen molar-refractivity contribution in [1.29, 1.82) is 0 Å². The van der Waals surface area contributed by atoms with Gasteiger partial charge in [-0.25, -0.2) is 0 Å². The lowest BCUT2D eigenvalue weighted by molar-refractivity contribution is 0.0994. The van der Waals surface area contributed by atoms with E-state index in [9.17, 15) is 4.79 Å². The Hall–Kier alpha value is -1.69.